The Bertz CT molecular complexity index is 800. The lowest BCUT2D eigenvalue weighted by atomic mass is 10.2. The molecule has 116 valence electrons. The monoisotopic (exact) mass is 309 g/mol. The summed E-state index contributed by atoms with van der Waals surface area (Å²) in [6.45, 7) is 1.67. The third kappa shape index (κ3) is 3.94. The number of para-hydroxylation sites is 1. The van der Waals surface area contributed by atoms with Crippen LogP contribution in [-0.2, 0) is 4.79 Å². The molecule has 0 fully saturated rings. The highest BCUT2D eigenvalue weighted by atomic mass is 16.5. The average molecular weight is 309 g/mol. The van der Waals surface area contributed by atoms with Crippen LogP contribution in [0.15, 0.2) is 59.1 Å². The molecule has 0 radical (unpaired) electrons. The van der Waals surface area contributed by atoms with E-state index in [9.17, 15) is 4.79 Å². The molecule has 0 aliphatic rings. The largest absolute Gasteiger partial charge is 0.484 e. The Kier molecular flexibility index (Phi) is 4.33. The predicted molar refractivity (Wildman–Crippen MR) is 85.0 cm³/mol. The second-order valence-corrected chi connectivity index (χ2v) is 4.87. The van der Waals surface area contributed by atoms with Crippen molar-refractivity contribution in [3.63, 3.8) is 0 Å². The van der Waals surface area contributed by atoms with Gasteiger partial charge in [0.15, 0.2) is 6.61 Å². The second kappa shape index (κ2) is 6.74. The van der Waals surface area contributed by atoms with Crippen molar-refractivity contribution in [3.05, 3.63) is 60.5 Å². The molecule has 3 rings (SSSR count). The maximum Gasteiger partial charge on any atom is 0.262 e. The van der Waals surface area contributed by atoms with Gasteiger partial charge in [-0.1, -0.05) is 35.5 Å². The maximum absolute atomic E-state index is 12.0. The van der Waals surface area contributed by atoms with E-state index in [1.165, 1.54) is 0 Å². The molecule has 2 aromatic carbocycles. The van der Waals surface area contributed by atoms with Crippen LogP contribution in [0.3, 0.4) is 0 Å². The van der Waals surface area contributed by atoms with E-state index in [-0.39, 0.29) is 12.5 Å². The minimum atomic E-state index is -0.240. The zero-order chi connectivity index (χ0) is 16.1. The lowest BCUT2D eigenvalue weighted by molar-refractivity contribution is -0.118. The lowest BCUT2D eigenvalue weighted by Crippen LogP contribution is -2.20. The molecule has 1 N–H and O–H groups in total. The molecule has 1 amide bonds. The Balaban J connectivity index is 1.62. The fraction of sp³-hybridized carbons (Fsp3) is 0.118. The van der Waals surface area contributed by atoms with Gasteiger partial charge in [0.2, 0.25) is 11.7 Å². The van der Waals surface area contributed by atoms with Crippen molar-refractivity contribution >= 4 is 11.6 Å². The number of carbonyl (C=O) groups excluding carboxylic acids is 1. The third-order valence-electron chi connectivity index (χ3n) is 3.05. The molecule has 0 aliphatic carbocycles. The van der Waals surface area contributed by atoms with Crippen molar-refractivity contribution in [3.8, 4) is 17.1 Å². The maximum atomic E-state index is 12.0. The molecule has 23 heavy (non-hydrogen) atoms. The van der Waals surface area contributed by atoms with Crippen LogP contribution in [0.2, 0.25) is 0 Å². The molecule has 0 aliphatic heterocycles. The zero-order valence-corrected chi connectivity index (χ0v) is 12.5. The summed E-state index contributed by atoms with van der Waals surface area (Å²) in [6, 6.07) is 16.4. The van der Waals surface area contributed by atoms with Gasteiger partial charge in [0.05, 0.1) is 0 Å². The summed E-state index contributed by atoms with van der Waals surface area (Å²) in [5, 5.41) is 6.64. The molecule has 0 atom stereocenters. The van der Waals surface area contributed by atoms with Gasteiger partial charge in [-0.2, -0.15) is 4.98 Å². The Labute approximate surface area is 133 Å². The Morgan fingerprint density at radius 3 is 2.74 bits per heavy atom. The van der Waals surface area contributed by atoms with Gasteiger partial charge in [0.25, 0.3) is 5.91 Å². The standard InChI is InChI=1S/C17H15N3O3/c1-12-18-17(20-23-12)13-6-5-7-14(10-13)19-16(21)11-22-15-8-3-2-4-9-15/h2-10H,11H2,1H3,(H,19,21). The first-order valence-electron chi connectivity index (χ1n) is 7.09. The minimum absolute atomic E-state index is 0.0600. The molecule has 6 nitrogen and oxygen atoms in total. The Morgan fingerprint density at radius 2 is 2.00 bits per heavy atom. The van der Waals surface area contributed by atoms with Crippen LogP contribution in [0.5, 0.6) is 5.75 Å². The van der Waals surface area contributed by atoms with Gasteiger partial charge >= 0.3 is 0 Å². The lowest BCUT2D eigenvalue weighted by Gasteiger charge is -2.08. The number of anilines is 1. The van der Waals surface area contributed by atoms with Gasteiger partial charge in [-0.05, 0) is 24.3 Å². The fourth-order valence-electron chi connectivity index (χ4n) is 2.02. The zero-order valence-electron chi connectivity index (χ0n) is 12.5. The van der Waals surface area contributed by atoms with E-state index in [2.05, 4.69) is 15.5 Å². The quantitative estimate of drug-likeness (QED) is 0.783. The summed E-state index contributed by atoms with van der Waals surface area (Å²) in [5.41, 5.74) is 1.41. The fourth-order valence-corrected chi connectivity index (χ4v) is 2.02. The van der Waals surface area contributed by atoms with Crippen LogP contribution in [0.4, 0.5) is 5.69 Å². The van der Waals surface area contributed by atoms with E-state index < -0.39 is 0 Å². The first-order chi connectivity index (χ1) is 11.2. The van der Waals surface area contributed by atoms with E-state index in [0.717, 1.165) is 5.56 Å². The van der Waals surface area contributed by atoms with Crippen LogP contribution in [0.1, 0.15) is 5.89 Å². The van der Waals surface area contributed by atoms with Crippen molar-refractivity contribution in [1.82, 2.24) is 10.1 Å². The molecular weight excluding hydrogens is 294 g/mol. The van der Waals surface area contributed by atoms with Crippen molar-refractivity contribution in [2.75, 3.05) is 11.9 Å². The average Bonchev–Trinajstić information content (AvgIpc) is 3.01. The van der Waals surface area contributed by atoms with Gasteiger partial charge in [-0.3, -0.25) is 4.79 Å². The number of benzene rings is 2. The highest BCUT2D eigenvalue weighted by molar-refractivity contribution is 5.92. The third-order valence-corrected chi connectivity index (χ3v) is 3.05. The predicted octanol–water partition coefficient (Wildman–Crippen LogP) is 3.06. The van der Waals surface area contributed by atoms with E-state index >= 15 is 0 Å². The Morgan fingerprint density at radius 1 is 1.17 bits per heavy atom. The van der Waals surface area contributed by atoms with E-state index in [0.29, 0.717) is 23.2 Å². The van der Waals surface area contributed by atoms with Gasteiger partial charge in [0.1, 0.15) is 5.75 Å². The highest BCUT2D eigenvalue weighted by Crippen LogP contribution is 2.20. The molecule has 0 bridgehead atoms. The molecule has 0 saturated carbocycles. The van der Waals surface area contributed by atoms with Crippen molar-refractivity contribution < 1.29 is 14.1 Å². The summed E-state index contributed by atoms with van der Waals surface area (Å²) in [6.07, 6.45) is 0. The minimum Gasteiger partial charge on any atom is -0.484 e. The summed E-state index contributed by atoms with van der Waals surface area (Å²) < 4.78 is 10.4. The van der Waals surface area contributed by atoms with Crippen LogP contribution >= 0.6 is 0 Å². The number of hydrogen-bond acceptors (Lipinski definition) is 5. The molecular formula is C17H15N3O3. The Hall–Kier alpha value is -3.15. The number of aryl methyl sites for hydroxylation is 1. The summed E-state index contributed by atoms with van der Waals surface area (Å²) in [7, 11) is 0. The number of aromatic nitrogens is 2. The molecule has 0 saturated heterocycles. The molecule has 1 aromatic heterocycles. The summed E-state index contributed by atoms with van der Waals surface area (Å²) >= 11 is 0. The first-order valence-corrected chi connectivity index (χ1v) is 7.09. The van der Waals surface area contributed by atoms with Gasteiger partial charge < -0.3 is 14.6 Å². The van der Waals surface area contributed by atoms with Crippen molar-refractivity contribution in [2.45, 2.75) is 6.92 Å². The van der Waals surface area contributed by atoms with E-state index in [4.69, 9.17) is 9.26 Å². The number of rotatable bonds is 5. The van der Waals surface area contributed by atoms with E-state index in [1.54, 1.807) is 31.2 Å². The van der Waals surface area contributed by atoms with Gasteiger partial charge in [0, 0.05) is 18.2 Å². The number of carbonyl (C=O) groups is 1. The molecule has 0 spiro atoms. The van der Waals surface area contributed by atoms with Crippen molar-refractivity contribution in [1.29, 1.82) is 0 Å². The van der Waals surface area contributed by atoms with Crippen LogP contribution in [0, 0.1) is 6.92 Å². The number of hydrogen-bond donors (Lipinski definition) is 1. The molecule has 0 unspecified atom stereocenters. The smallest absolute Gasteiger partial charge is 0.262 e. The SMILES string of the molecule is Cc1nc(-c2cccc(NC(=O)COc3ccccc3)c2)no1. The van der Waals surface area contributed by atoms with Crippen molar-refractivity contribution in [2.24, 2.45) is 0 Å². The number of ether oxygens (including phenoxy) is 1. The number of nitrogens with zero attached hydrogens (tertiary/aromatic N) is 2. The van der Waals surface area contributed by atoms with Crippen LogP contribution in [-0.4, -0.2) is 22.7 Å². The first kappa shape index (κ1) is 14.8. The second-order valence-electron chi connectivity index (χ2n) is 4.87. The summed E-state index contributed by atoms with van der Waals surface area (Å²) in [5.74, 6) is 1.39. The van der Waals surface area contributed by atoms with E-state index in [1.807, 2.05) is 30.3 Å². The summed E-state index contributed by atoms with van der Waals surface area (Å²) in [4.78, 5) is 16.1. The van der Waals surface area contributed by atoms with Gasteiger partial charge in [-0.25, -0.2) is 0 Å². The van der Waals surface area contributed by atoms with Crippen LogP contribution < -0.4 is 10.1 Å². The van der Waals surface area contributed by atoms with Gasteiger partial charge in [-0.15, -0.1) is 0 Å². The molecule has 3 aromatic rings. The molecule has 1 heterocycles. The topological polar surface area (TPSA) is 77.2 Å². The number of amides is 1. The number of nitrogens with one attached hydrogen (secondary N) is 1. The van der Waals surface area contributed by atoms with Crippen LogP contribution in [0.25, 0.3) is 11.4 Å². The normalized spacial score (nSPS) is 10.3. The highest BCUT2D eigenvalue weighted by Gasteiger charge is 2.08. The molecule has 6 heteroatoms.